The molecular formula is C12H21N3O10. The molecule has 0 aliphatic carbocycles. The zero-order valence-corrected chi connectivity index (χ0v) is 12.9. The second-order valence-electron chi connectivity index (χ2n) is 5.73. The van der Waals surface area contributed by atoms with Gasteiger partial charge in [0.05, 0.1) is 13.2 Å². The molecular weight excluding hydrogens is 346 g/mol. The van der Waals surface area contributed by atoms with Crippen LogP contribution >= 0.6 is 0 Å². The Morgan fingerprint density at radius 3 is 2.04 bits per heavy atom. The third-order valence-corrected chi connectivity index (χ3v) is 4.14. The highest BCUT2D eigenvalue weighted by atomic mass is 16.7. The van der Waals surface area contributed by atoms with Gasteiger partial charge >= 0.3 is 0 Å². The normalized spacial score (nSPS) is 48.0. The molecule has 2 aliphatic rings. The molecule has 0 radical (unpaired) electrons. The fraction of sp³-hybridized carbons (Fsp3) is 1.00. The second kappa shape index (κ2) is 8.53. The van der Waals surface area contributed by atoms with Crippen LogP contribution in [0.15, 0.2) is 5.11 Å². The van der Waals surface area contributed by atoms with Gasteiger partial charge in [-0.1, -0.05) is 5.11 Å². The molecule has 13 nitrogen and oxygen atoms in total. The first kappa shape index (κ1) is 20.2. The maximum atomic E-state index is 10.1. The molecule has 25 heavy (non-hydrogen) atoms. The maximum absolute atomic E-state index is 10.1. The van der Waals surface area contributed by atoms with Gasteiger partial charge < -0.3 is 50.0 Å². The van der Waals surface area contributed by atoms with Crippen LogP contribution in [0.1, 0.15) is 0 Å². The number of ether oxygens (including phenoxy) is 3. The predicted octanol–water partition coefficient (Wildman–Crippen LogP) is -4.08. The average Bonchev–Trinajstić information content (AvgIpc) is 2.61. The fourth-order valence-corrected chi connectivity index (χ4v) is 2.72. The molecule has 13 heteroatoms. The maximum Gasteiger partial charge on any atom is 0.187 e. The van der Waals surface area contributed by atoms with E-state index in [9.17, 15) is 30.6 Å². The van der Waals surface area contributed by atoms with E-state index in [2.05, 4.69) is 10.0 Å². The Balaban J connectivity index is 2.15. The summed E-state index contributed by atoms with van der Waals surface area (Å²) in [6.07, 6.45) is -15.4. The number of hydrogen-bond acceptors (Lipinski definition) is 11. The Kier molecular flexibility index (Phi) is 6.90. The molecule has 0 amide bonds. The zero-order valence-electron chi connectivity index (χ0n) is 12.9. The first-order valence-corrected chi connectivity index (χ1v) is 7.48. The highest BCUT2D eigenvalue weighted by Gasteiger charge is 2.50. The summed E-state index contributed by atoms with van der Waals surface area (Å²) >= 11 is 0. The van der Waals surface area contributed by atoms with Crippen molar-refractivity contribution in [3.8, 4) is 0 Å². The molecule has 7 N–H and O–H groups in total. The lowest BCUT2D eigenvalue weighted by Gasteiger charge is -2.45. The Hall–Kier alpha value is -1.09. The SMILES string of the molecule is [N-]=[N+]=N[C@@H]1O[C@H](CO)[C@@H](O[C@@H]2O[C@H](CO)[C@@H](O)[C@H](O)[C@H]2O)[C@H](O)[C@H]1O. The number of hydrogen-bond donors (Lipinski definition) is 7. The van der Waals surface area contributed by atoms with Gasteiger partial charge in [-0.3, -0.25) is 0 Å². The molecule has 0 spiro atoms. The number of azide groups is 1. The van der Waals surface area contributed by atoms with Gasteiger partial charge in [-0.15, -0.1) is 0 Å². The van der Waals surface area contributed by atoms with E-state index in [1.165, 1.54) is 0 Å². The summed E-state index contributed by atoms with van der Waals surface area (Å²) in [5.74, 6) is 0. The number of aliphatic hydroxyl groups excluding tert-OH is 7. The Bertz CT molecular complexity index is 488. The van der Waals surface area contributed by atoms with E-state index < -0.39 is 74.6 Å². The fourth-order valence-electron chi connectivity index (χ4n) is 2.72. The van der Waals surface area contributed by atoms with E-state index in [-0.39, 0.29) is 0 Å². The van der Waals surface area contributed by atoms with Crippen molar-refractivity contribution in [1.82, 2.24) is 0 Å². The van der Waals surface area contributed by atoms with Crippen LogP contribution in [0.3, 0.4) is 0 Å². The molecule has 2 saturated heterocycles. The van der Waals surface area contributed by atoms with Gasteiger partial charge in [-0.25, -0.2) is 0 Å². The van der Waals surface area contributed by atoms with Crippen molar-refractivity contribution in [1.29, 1.82) is 0 Å². The smallest absolute Gasteiger partial charge is 0.187 e. The van der Waals surface area contributed by atoms with Crippen molar-refractivity contribution in [2.75, 3.05) is 13.2 Å². The van der Waals surface area contributed by atoms with Crippen LogP contribution in [0.2, 0.25) is 0 Å². The minimum Gasteiger partial charge on any atom is -0.394 e. The number of nitrogens with zero attached hydrogens (tertiary/aromatic N) is 3. The summed E-state index contributed by atoms with van der Waals surface area (Å²) in [6.45, 7) is -1.37. The van der Waals surface area contributed by atoms with E-state index in [4.69, 9.17) is 24.8 Å². The van der Waals surface area contributed by atoms with E-state index in [0.29, 0.717) is 0 Å². The van der Waals surface area contributed by atoms with Crippen LogP contribution in [-0.2, 0) is 14.2 Å². The third kappa shape index (κ3) is 4.02. The van der Waals surface area contributed by atoms with Crippen LogP contribution in [0, 0.1) is 0 Å². The van der Waals surface area contributed by atoms with E-state index >= 15 is 0 Å². The largest absolute Gasteiger partial charge is 0.394 e. The lowest BCUT2D eigenvalue weighted by atomic mass is 9.96. The summed E-state index contributed by atoms with van der Waals surface area (Å²) in [5.41, 5.74) is 8.42. The summed E-state index contributed by atoms with van der Waals surface area (Å²) in [6, 6.07) is 0. The quantitative estimate of drug-likeness (QED) is 0.141. The monoisotopic (exact) mass is 367 g/mol. The summed E-state index contributed by atoms with van der Waals surface area (Å²) < 4.78 is 15.6. The van der Waals surface area contributed by atoms with Gasteiger partial charge in [0.15, 0.2) is 12.5 Å². The molecule has 0 bridgehead atoms. The van der Waals surface area contributed by atoms with Gasteiger partial charge in [0.2, 0.25) is 0 Å². The minimum absolute atomic E-state index is 0.681. The standard InChI is InChI=1S/C12H21N3O10/c13-15-14-11-8(21)7(20)10(4(2-17)23-11)25-12-9(22)6(19)5(18)3(1-16)24-12/h3-12,16-22H,1-2H2/t3-,4-,5-,6+,7-,8-,9-,10-,11-,12+/m1/s1. The van der Waals surface area contributed by atoms with Crippen molar-refractivity contribution in [3.05, 3.63) is 10.4 Å². The minimum atomic E-state index is -1.74. The van der Waals surface area contributed by atoms with Crippen LogP contribution in [0.5, 0.6) is 0 Å². The topological polar surface area (TPSA) is 218 Å². The van der Waals surface area contributed by atoms with Crippen molar-refractivity contribution in [2.24, 2.45) is 5.11 Å². The zero-order chi connectivity index (χ0) is 18.7. The highest BCUT2D eigenvalue weighted by Crippen LogP contribution is 2.29. The third-order valence-electron chi connectivity index (χ3n) is 4.14. The van der Waals surface area contributed by atoms with Gasteiger partial charge in [-0.05, 0) is 5.53 Å². The molecule has 0 aromatic rings. The van der Waals surface area contributed by atoms with Gasteiger partial charge in [0, 0.05) is 4.91 Å². The predicted molar refractivity (Wildman–Crippen MR) is 75.5 cm³/mol. The van der Waals surface area contributed by atoms with Crippen LogP contribution in [-0.4, -0.2) is 110 Å². The highest BCUT2D eigenvalue weighted by molar-refractivity contribution is 4.95. The van der Waals surface area contributed by atoms with Crippen LogP contribution < -0.4 is 0 Å². The molecule has 144 valence electrons. The van der Waals surface area contributed by atoms with Crippen LogP contribution in [0.25, 0.3) is 10.4 Å². The van der Waals surface area contributed by atoms with Crippen molar-refractivity contribution >= 4 is 0 Å². The Morgan fingerprint density at radius 2 is 1.48 bits per heavy atom. The Morgan fingerprint density at radius 1 is 0.840 bits per heavy atom. The molecule has 2 heterocycles. The van der Waals surface area contributed by atoms with Gasteiger partial charge in [0.25, 0.3) is 0 Å². The van der Waals surface area contributed by atoms with Crippen molar-refractivity contribution in [3.63, 3.8) is 0 Å². The molecule has 2 aliphatic heterocycles. The summed E-state index contributed by atoms with van der Waals surface area (Å²) in [4.78, 5) is 2.46. The van der Waals surface area contributed by atoms with E-state index in [0.717, 1.165) is 0 Å². The first-order valence-electron chi connectivity index (χ1n) is 7.48. The van der Waals surface area contributed by atoms with E-state index in [1.54, 1.807) is 0 Å². The number of rotatable bonds is 5. The first-order chi connectivity index (χ1) is 11.8. The second-order valence-corrected chi connectivity index (χ2v) is 5.73. The van der Waals surface area contributed by atoms with Gasteiger partial charge in [-0.2, -0.15) is 0 Å². The van der Waals surface area contributed by atoms with Crippen LogP contribution in [0.4, 0.5) is 0 Å². The summed E-state index contributed by atoms with van der Waals surface area (Å²) in [7, 11) is 0. The molecule has 0 aromatic heterocycles. The van der Waals surface area contributed by atoms with Crippen molar-refractivity contribution < 1.29 is 50.0 Å². The number of aliphatic hydroxyl groups is 7. The lowest BCUT2D eigenvalue weighted by molar-refractivity contribution is -0.341. The van der Waals surface area contributed by atoms with E-state index in [1.807, 2.05) is 0 Å². The van der Waals surface area contributed by atoms with Gasteiger partial charge in [0.1, 0.15) is 48.8 Å². The molecule has 0 aromatic carbocycles. The molecule has 0 unspecified atom stereocenters. The molecule has 10 atom stereocenters. The summed E-state index contributed by atoms with van der Waals surface area (Å²) in [5, 5.41) is 71.1. The molecule has 2 rings (SSSR count). The lowest BCUT2D eigenvalue weighted by Crippen LogP contribution is -2.64. The van der Waals surface area contributed by atoms with Crippen molar-refractivity contribution in [2.45, 2.75) is 61.3 Å². The Labute approximate surface area is 141 Å². The molecule has 0 saturated carbocycles. The molecule has 2 fully saturated rings. The average molecular weight is 367 g/mol.